The van der Waals surface area contributed by atoms with E-state index in [0.717, 1.165) is 17.2 Å². The molecule has 1 heterocycles. The molecule has 0 bridgehead atoms. The molecule has 2 aromatic carbocycles. The van der Waals surface area contributed by atoms with Crippen LogP contribution < -0.4 is 16.0 Å². The molecule has 0 saturated carbocycles. The number of nitrogens with zero attached hydrogens (tertiary/aromatic N) is 3. The van der Waals surface area contributed by atoms with Gasteiger partial charge < -0.3 is 16.0 Å². The lowest BCUT2D eigenvalue weighted by Gasteiger charge is -2.13. The number of nitrogens with one attached hydrogen (secondary N) is 3. The smallest absolute Gasteiger partial charge is 0.246 e. The maximum absolute atomic E-state index is 12.1. The van der Waals surface area contributed by atoms with Gasteiger partial charge in [-0.3, -0.25) is 14.5 Å². The molecule has 7 nitrogen and oxygen atoms in total. The Morgan fingerprint density at radius 2 is 1.77 bits per heavy atom. The van der Waals surface area contributed by atoms with Crippen molar-refractivity contribution in [3.63, 3.8) is 0 Å². The van der Waals surface area contributed by atoms with Gasteiger partial charge in [0.25, 0.3) is 0 Å². The Morgan fingerprint density at radius 1 is 1.03 bits per heavy atom. The number of aryl methyl sites for hydroxylation is 1. The molecule has 3 N–H and O–H groups in total. The second kappa shape index (κ2) is 12.0. The van der Waals surface area contributed by atoms with Crippen LogP contribution in [0, 0.1) is 6.92 Å². The van der Waals surface area contributed by atoms with Crippen LogP contribution in [0.4, 0.5) is 5.69 Å². The van der Waals surface area contributed by atoms with Crippen LogP contribution in [0.2, 0.25) is 0 Å². The molecule has 0 aliphatic rings. The molecule has 0 fully saturated rings. The molecule has 8 heteroatoms. The maximum atomic E-state index is 12.1. The lowest BCUT2D eigenvalue weighted by Crippen LogP contribution is -2.36. The molecule has 1 amide bonds. The molecule has 1 aromatic heterocycles. The highest BCUT2D eigenvalue weighted by Gasteiger charge is 2.05. The van der Waals surface area contributed by atoms with E-state index < -0.39 is 0 Å². The van der Waals surface area contributed by atoms with Gasteiger partial charge in [-0.2, -0.15) is 5.10 Å². The summed E-state index contributed by atoms with van der Waals surface area (Å²) >= 11 is 0. The third kappa shape index (κ3) is 7.51. The molecule has 0 atom stereocenters. The Kier molecular flexibility index (Phi) is 9.33. The number of aromatic nitrogens is 2. The first-order valence-corrected chi connectivity index (χ1v) is 9.48. The van der Waals surface area contributed by atoms with Gasteiger partial charge in [0.2, 0.25) is 5.91 Å². The molecule has 3 aromatic rings. The zero-order valence-electron chi connectivity index (χ0n) is 17.1. The summed E-state index contributed by atoms with van der Waals surface area (Å²) in [5, 5.41) is 13.5. The Morgan fingerprint density at radius 3 is 2.43 bits per heavy atom. The molecule has 0 aliphatic carbocycles. The highest BCUT2D eigenvalue weighted by Crippen LogP contribution is 2.11. The third-order valence-corrected chi connectivity index (χ3v) is 4.34. The Bertz CT molecular complexity index is 954. The van der Waals surface area contributed by atoms with E-state index in [1.54, 1.807) is 30.2 Å². The van der Waals surface area contributed by atoms with Crippen molar-refractivity contribution in [1.29, 1.82) is 0 Å². The minimum atomic E-state index is -0.116. The fourth-order valence-electron chi connectivity index (χ4n) is 2.80. The number of hydrogen-bond donors (Lipinski definition) is 3. The van der Waals surface area contributed by atoms with Gasteiger partial charge in [-0.05, 0) is 36.2 Å². The third-order valence-electron chi connectivity index (χ3n) is 4.34. The van der Waals surface area contributed by atoms with Crippen LogP contribution in [0.25, 0.3) is 0 Å². The van der Waals surface area contributed by atoms with Crippen LogP contribution >= 0.6 is 24.0 Å². The molecule has 3 rings (SSSR count). The van der Waals surface area contributed by atoms with E-state index in [2.05, 4.69) is 57.2 Å². The number of anilines is 1. The van der Waals surface area contributed by atoms with E-state index >= 15 is 0 Å². The van der Waals surface area contributed by atoms with Crippen molar-refractivity contribution in [3.05, 3.63) is 83.7 Å². The number of aliphatic imine (C=N–C) groups is 1. The topological polar surface area (TPSA) is 83.3 Å². The number of amides is 1. The quantitative estimate of drug-likeness (QED) is 0.255. The second-order valence-corrected chi connectivity index (χ2v) is 6.72. The number of guanidine groups is 1. The average Bonchev–Trinajstić information content (AvgIpc) is 3.22. The molecule has 158 valence electrons. The van der Waals surface area contributed by atoms with Crippen molar-refractivity contribution >= 4 is 41.5 Å². The van der Waals surface area contributed by atoms with Crippen molar-refractivity contribution in [2.24, 2.45) is 4.99 Å². The van der Waals surface area contributed by atoms with Gasteiger partial charge in [-0.25, -0.2) is 0 Å². The Hall–Kier alpha value is -2.88. The lowest BCUT2D eigenvalue weighted by molar-refractivity contribution is -0.116. The molecular weight excluding hydrogens is 491 g/mol. The zero-order valence-corrected chi connectivity index (χ0v) is 19.5. The largest absolute Gasteiger partial charge is 0.352 e. The summed E-state index contributed by atoms with van der Waals surface area (Å²) in [5.74, 6) is 0.605. The van der Waals surface area contributed by atoms with Crippen LogP contribution in [-0.4, -0.2) is 28.7 Å². The van der Waals surface area contributed by atoms with Gasteiger partial charge >= 0.3 is 0 Å². The van der Waals surface area contributed by atoms with Crippen molar-refractivity contribution in [1.82, 2.24) is 20.4 Å². The maximum Gasteiger partial charge on any atom is 0.246 e. The van der Waals surface area contributed by atoms with E-state index in [4.69, 9.17) is 0 Å². The van der Waals surface area contributed by atoms with Crippen LogP contribution in [0.15, 0.2) is 72.0 Å². The van der Waals surface area contributed by atoms with Crippen LogP contribution in [0.1, 0.15) is 16.7 Å². The highest BCUT2D eigenvalue weighted by molar-refractivity contribution is 14.0. The average molecular weight is 518 g/mol. The molecule has 0 aliphatic heterocycles. The summed E-state index contributed by atoms with van der Waals surface area (Å²) in [5.41, 5.74) is 4.23. The van der Waals surface area contributed by atoms with E-state index in [0.29, 0.717) is 13.1 Å². The standard InChI is InChI=1S/C22H26N6O.HI/c1-17-7-9-18(10-8-17)14-24-22(23-2)25-15-19-5-3-6-20(13-19)27-21(29)16-28-12-4-11-26-28;/h3-13H,14-16H2,1-2H3,(H,27,29)(H2,23,24,25);1H. The summed E-state index contributed by atoms with van der Waals surface area (Å²) in [6.45, 7) is 3.55. The molecule has 30 heavy (non-hydrogen) atoms. The van der Waals surface area contributed by atoms with Crippen molar-refractivity contribution < 1.29 is 4.79 Å². The van der Waals surface area contributed by atoms with Gasteiger partial charge in [-0.15, -0.1) is 24.0 Å². The SMILES string of the molecule is CN=C(NCc1ccc(C)cc1)NCc1cccc(NC(=O)Cn2cccn2)c1.I. The van der Waals surface area contributed by atoms with Gasteiger partial charge in [0.1, 0.15) is 6.54 Å². The predicted octanol–water partition coefficient (Wildman–Crippen LogP) is 3.31. The number of carbonyl (C=O) groups excluding carboxylic acids is 1. The van der Waals surface area contributed by atoms with Gasteiger partial charge in [0.05, 0.1) is 0 Å². The number of benzene rings is 2. The number of carbonyl (C=O) groups is 1. The zero-order chi connectivity index (χ0) is 20.5. The van der Waals surface area contributed by atoms with Crippen molar-refractivity contribution in [2.45, 2.75) is 26.6 Å². The normalized spacial score (nSPS) is 10.8. The second-order valence-electron chi connectivity index (χ2n) is 6.72. The Balaban J connectivity index is 0.00000320. The summed E-state index contributed by atoms with van der Waals surface area (Å²) in [6.07, 6.45) is 3.41. The number of halogens is 1. The van der Waals surface area contributed by atoms with Crippen molar-refractivity contribution in [3.8, 4) is 0 Å². The summed E-state index contributed by atoms with van der Waals surface area (Å²) in [6, 6.07) is 17.9. The first-order valence-electron chi connectivity index (χ1n) is 9.48. The number of rotatable bonds is 7. The van der Waals surface area contributed by atoms with Gasteiger partial charge in [-0.1, -0.05) is 42.0 Å². The summed E-state index contributed by atoms with van der Waals surface area (Å²) in [4.78, 5) is 16.4. The lowest BCUT2D eigenvalue weighted by atomic mass is 10.1. The summed E-state index contributed by atoms with van der Waals surface area (Å²) < 4.78 is 1.59. The molecular formula is C22H27IN6O. The molecule has 0 radical (unpaired) electrons. The monoisotopic (exact) mass is 518 g/mol. The first kappa shape index (κ1) is 23.4. The van der Waals surface area contributed by atoms with Gasteiger partial charge in [0, 0.05) is 38.2 Å². The summed E-state index contributed by atoms with van der Waals surface area (Å²) in [7, 11) is 1.75. The van der Waals surface area contributed by atoms with Crippen LogP contribution in [0.3, 0.4) is 0 Å². The van der Waals surface area contributed by atoms with Crippen LogP contribution in [-0.2, 0) is 24.4 Å². The predicted molar refractivity (Wildman–Crippen MR) is 131 cm³/mol. The van der Waals surface area contributed by atoms with Crippen molar-refractivity contribution in [2.75, 3.05) is 12.4 Å². The highest BCUT2D eigenvalue weighted by atomic mass is 127. The van der Waals surface area contributed by atoms with E-state index in [-0.39, 0.29) is 36.4 Å². The fraction of sp³-hybridized carbons (Fsp3) is 0.227. The molecule has 0 saturated heterocycles. The van der Waals surface area contributed by atoms with E-state index in [9.17, 15) is 4.79 Å². The Labute approximate surface area is 194 Å². The minimum absolute atomic E-state index is 0. The minimum Gasteiger partial charge on any atom is -0.352 e. The first-order chi connectivity index (χ1) is 14.1. The van der Waals surface area contributed by atoms with Gasteiger partial charge in [0.15, 0.2) is 5.96 Å². The molecule has 0 unspecified atom stereocenters. The fourth-order valence-corrected chi connectivity index (χ4v) is 2.80. The van der Waals surface area contributed by atoms with Crippen LogP contribution in [0.5, 0.6) is 0 Å². The molecule has 0 spiro atoms. The van der Waals surface area contributed by atoms with E-state index in [1.165, 1.54) is 11.1 Å². The van der Waals surface area contributed by atoms with E-state index in [1.807, 2.05) is 24.3 Å². The number of hydrogen-bond acceptors (Lipinski definition) is 3.